The van der Waals surface area contributed by atoms with Crippen LogP contribution >= 0.6 is 0 Å². The molecule has 20 heavy (non-hydrogen) atoms. The SMILES string of the molecule is N/C(=N/O)c1ccccc1CN(CCO)CC(F)(F)F. The van der Waals surface area contributed by atoms with Crippen LogP contribution in [0.25, 0.3) is 0 Å². The number of hydrogen-bond donors (Lipinski definition) is 3. The Hall–Kier alpha value is -1.80. The number of aliphatic hydroxyl groups excluding tert-OH is 1. The fourth-order valence-corrected chi connectivity index (χ4v) is 1.81. The summed E-state index contributed by atoms with van der Waals surface area (Å²) in [5, 5.41) is 20.4. The second-order valence-corrected chi connectivity index (χ2v) is 4.19. The molecule has 0 bridgehead atoms. The summed E-state index contributed by atoms with van der Waals surface area (Å²) in [6.45, 7) is -1.71. The largest absolute Gasteiger partial charge is 0.409 e. The van der Waals surface area contributed by atoms with E-state index < -0.39 is 12.7 Å². The molecule has 1 aromatic carbocycles. The van der Waals surface area contributed by atoms with Gasteiger partial charge in [0.05, 0.1) is 13.2 Å². The summed E-state index contributed by atoms with van der Waals surface area (Å²) in [5.74, 6) is -0.170. The molecule has 0 atom stereocenters. The molecule has 0 heterocycles. The Morgan fingerprint density at radius 3 is 2.50 bits per heavy atom. The summed E-state index contributed by atoms with van der Waals surface area (Å²) in [5.41, 5.74) is 6.33. The quantitative estimate of drug-likeness (QED) is 0.318. The van der Waals surface area contributed by atoms with E-state index in [2.05, 4.69) is 5.16 Å². The summed E-state index contributed by atoms with van der Waals surface area (Å²) in [7, 11) is 0. The lowest BCUT2D eigenvalue weighted by atomic mass is 10.1. The van der Waals surface area contributed by atoms with Crippen molar-refractivity contribution in [2.24, 2.45) is 10.9 Å². The highest BCUT2D eigenvalue weighted by molar-refractivity contribution is 5.98. The lowest BCUT2D eigenvalue weighted by Gasteiger charge is -2.23. The number of aliphatic hydroxyl groups is 1. The number of oxime groups is 1. The molecular weight excluding hydrogens is 275 g/mol. The van der Waals surface area contributed by atoms with E-state index in [1.165, 1.54) is 0 Å². The third-order valence-electron chi connectivity index (χ3n) is 2.61. The zero-order chi connectivity index (χ0) is 15.2. The molecule has 0 amide bonds. The van der Waals surface area contributed by atoms with Crippen LogP contribution in [0.1, 0.15) is 11.1 Å². The highest BCUT2D eigenvalue weighted by Gasteiger charge is 2.30. The van der Waals surface area contributed by atoms with Gasteiger partial charge in [-0.2, -0.15) is 13.2 Å². The smallest absolute Gasteiger partial charge is 0.401 e. The molecule has 0 saturated heterocycles. The van der Waals surface area contributed by atoms with Crippen molar-refractivity contribution in [2.75, 3.05) is 19.7 Å². The maximum absolute atomic E-state index is 12.4. The summed E-state index contributed by atoms with van der Waals surface area (Å²) in [4.78, 5) is 1.05. The van der Waals surface area contributed by atoms with Crippen molar-refractivity contribution in [3.8, 4) is 0 Å². The maximum atomic E-state index is 12.4. The Labute approximate surface area is 114 Å². The molecule has 5 nitrogen and oxygen atoms in total. The Morgan fingerprint density at radius 2 is 1.95 bits per heavy atom. The molecular formula is C12H16F3N3O2. The Kier molecular flexibility index (Phi) is 5.78. The van der Waals surface area contributed by atoms with E-state index >= 15 is 0 Å². The minimum Gasteiger partial charge on any atom is -0.409 e. The van der Waals surface area contributed by atoms with E-state index in [0.717, 1.165) is 4.90 Å². The van der Waals surface area contributed by atoms with Crippen molar-refractivity contribution in [3.63, 3.8) is 0 Å². The van der Waals surface area contributed by atoms with E-state index in [4.69, 9.17) is 16.0 Å². The van der Waals surface area contributed by atoms with Crippen LogP contribution < -0.4 is 5.73 Å². The maximum Gasteiger partial charge on any atom is 0.401 e. The summed E-state index contributed by atoms with van der Waals surface area (Å²) < 4.78 is 37.3. The van der Waals surface area contributed by atoms with E-state index in [-0.39, 0.29) is 25.5 Å². The zero-order valence-electron chi connectivity index (χ0n) is 10.6. The van der Waals surface area contributed by atoms with Gasteiger partial charge in [-0.3, -0.25) is 4.90 Å². The highest BCUT2D eigenvalue weighted by atomic mass is 19.4. The van der Waals surface area contributed by atoms with Crippen LogP contribution in [0.15, 0.2) is 29.4 Å². The molecule has 0 aliphatic carbocycles. The van der Waals surface area contributed by atoms with Crippen LogP contribution in [0.4, 0.5) is 13.2 Å². The van der Waals surface area contributed by atoms with Gasteiger partial charge in [-0.25, -0.2) is 0 Å². The number of amidine groups is 1. The Bertz CT molecular complexity index is 464. The van der Waals surface area contributed by atoms with E-state index in [1.54, 1.807) is 24.3 Å². The summed E-state index contributed by atoms with van der Waals surface area (Å²) >= 11 is 0. The van der Waals surface area contributed by atoms with Crippen molar-refractivity contribution in [3.05, 3.63) is 35.4 Å². The van der Waals surface area contributed by atoms with Crippen LogP contribution in [-0.2, 0) is 6.54 Å². The number of hydrogen-bond acceptors (Lipinski definition) is 4. The number of nitrogens with zero attached hydrogens (tertiary/aromatic N) is 2. The van der Waals surface area contributed by atoms with Crippen LogP contribution in [0, 0.1) is 0 Å². The standard InChI is InChI=1S/C12H16F3N3O2/c13-12(14,15)8-18(5-6-19)7-9-3-1-2-4-10(9)11(16)17-20/h1-4,19-20H,5-8H2,(H2,16,17). The first-order valence-corrected chi connectivity index (χ1v) is 5.83. The molecule has 1 aromatic rings. The van der Waals surface area contributed by atoms with Crippen molar-refractivity contribution in [1.29, 1.82) is 0 Å². The van der Waals surface area contributed by atoms with Crippen LogP contribution in [0.2, 0.25) is 0 Å². The second kappa shape index (κ2) is 7.11. The van der Waals surface area contributed by atoms with Gasteiger partial charge in [-0.1, -0.05) is 29.4 Å². The van der Waals surface area contributed by atoms with Crippen molar-refractivity contribution in [1.82, 2.24) is 4.90 Å². The van der Waals surface area contributed by atoms with Crippen molar-refractivity contribution in [2.45, 2.75) is 12.7 Å². The predicted octanol–water partition coefficient (Wildman–Crippen LogP) is 1.14. The molecule has 0 aromatic heterocycles. The molecule has 0 spiro atoms. The number of rotatable bonds is 6. The van der Waals surface area contributed by atoms with E-state index in [0.29, 0.717) is 11.1 Å². The lowest BCUT2D eigenvalue weighted by molar-refractivity contribution is -0.147. The van der Waals surface area contributed by atoms with Crippen molar-refractivity contribution >= 4 is 5.84 Å². The first-order chi connectivity index (χ1) is 9.37. The molecule has 0 aliphatic heterocycles. The number of alkyl halides is 3. The van der Waals surface area contributed by atoms with Gasteiger partial charge in [0.15, 0.2) is 5.84 Å². The molecule has 8 heteroatoms. The van der Waals surface area contributed by atoms with Gasteiger partial charge in [0.25, 0.3) is 0 Å². The number of halogens is 3. The van der Waals surface area contributed by atoms with Gasteiger partial charge in [0, 0.05) is 18.7 Å². The monoisotopic (exact) mass is 291 g/mol. The Morgan fingerprint density at radius 1 is 1.30 bits per heavy atom. The molecule has 0 radical (unpaired) electrons. The summed E-state index contributed by atoms with van der Waals surface area (Å²) in [6, 6.07) is 6.43. The van der Waals surface area contributed by atoms with Gasteiger partial charge < -0.3 is 16.0 Å². The van der Waals surface area contributed by atoms with Crippen molar-refractivity contribution < 1.29 is 23.5 Å². The number of nitrogens with two attached hydrogens (primary N) is 1. The molecule has 1 rings (SSSR count). The van der Waals surface area contributed by atoms with E-state index in [1.807, 2.05) is 0 Å². The zero-order valence-corrected chi connectivity index (χ0v) is 10.6. The Balaban J connectivity index is 2.94. The molecule has 0 unspecified atom stereocenters. The van der Waals surface area contributed by atoms with Gasteiger partial charge in [0.2, 0.25) is 0 Å². The van der Waals surface area contributed by atoms with Gasteiger partial charge >= 0.3 is 6.18 Å². The second-order valence-electron chi connectivity index (χ2n) is 4.19. The molecule has 0 aliphatic rings. The lowest BCUT2D eigenvalue weighted by Crippen LogP contribution is -2.36. The van der Waals surface area contributed by atoms with Gasteiger partial charge in [-0.05, 0) is 5.56 Å². The summed E-state index contributed by atoms with van der Waals surface area (Å²) in [6.07, 6.45) is -4.36. The average molecular weight is 291 g/mol. The van der Waals surface area contributed by atoms with Gasteiger partial charge in [-0.15, -0.1) is 0 Å². The van der Waals surface area contributed by atoms with E-state index in [9.17, 15) is 13.2 Å². The normalized spacial score (nSPS) is 12.9. The third-order valence-corrected chi connectivity index (χ3v) is 2.61. The first kappa shape index (κ1) is 16.3. The number of benzene rings is 1. The highest BCUT2D eigenvalue weighted by Crippen LogP contribution is 2.19. The minimum absolute atomic E-state index is 0.0630. The third kappa shape index (κ3) is 5.06. The topological polar surface area (TPSA) is 82.1 Å². The fourth-order valence-electron chi connectivity index (χ4n) is 1.81. The van der Waals surface area contributed by atoms with Crippen LogP contribution in [-0.4, -0.2) is 46.9 Å². The molecule has 4 N–H and O–H groups in total. The molecule has 112 valence electrons. The predicted molar refractivity (Wildman–Crippen MR) is 67.4 cm³/mol. The van der Waals surface area contributed by atoms with Crippen LogP contribution in [0.3, 0.4) is 0 Å². The van der Waals surface area contributed by atoms with Gasteiger partial charge in [0.1, 0.15) is 0 Å². The van der Waals surface area contributed by atoms with Crippen LogP contribution in [0.5, 0.6) is 0 Å². The molecule has 0 fully saturated rings. The minimum atomic E-state index is -4.36. The molecule has 0 saturated carbocycles. The first-order valence-electron chi connectivity index (χ1n) is 5.83. The fraction of sp³-hybridized carbons (Fsp3) is 0.417. The average Bonchev–Trinajstić information content (AvgIpc) is 2.37.